The molecule has 1 saturated carbocycles. The zero-order chi connectivity index (χ0) is 15.1. The van der Waals surface area contributed by atoms with Gasteiger partial charge in [0.2, 0.25) is 5.65 Å². The smallest absolute Gasteiger partial charge is 0.200 e. The first-order valence-corrected chi connectivity index (χ1v) is 7.54. The molecule has 3 aromatic rings. The number of anilines is 1. The molecule has 0 atom stereocenters. The molecular weight excluding hydrogens is 276 g/mol. The lowest BCUT2D eigenvalue weighted by Gasteiger charge is -2.20. The number of hydrogen-bond acceptors (Lipinski definition) is 5. The number of rotatable bonds is 4. The summed E-state index contributed by atoms with van der Waals surface area (Å²) in [4.78, 5) is 6.45. The molecule has 0 spiro atoms. The summed E-state index contributed by atoms with van der Waals surface area (Å²) >= 11 is 0. The Kier molecular flexibility index (Phi) is 3.03. The van der Waals surface area contributed by atoms with Gasteiger partial charge in [0.15, 0.2) is 0 Å². The van der Waals surface area contributed by atoms with Gasteiger partial charge in [-0.05, 0) is 43.5 Å². The van der Waals surface area contributed by atoms with Crippen LogP contribution in [0.15, 0.2) is 30.7 Å². The minimum absolute atomic E-state index is 0.599. The topological polar surface area (TPSA) is 59.2 Å². The van der Waals surface area contributed by atoms with Crippen LogP contribution in [0.2, 0.25) is 0 Å². The lowest BCUT2D eigenvalue weighted by molar-refractivity contribution is 0.833. The Labute approximate surface area is 128 Å². The average molecular weight is 294 g/mol. The van der Waals surface area contributed by atoms with E-state index in [1.54, 1.807) is 10.8 Å². The highest BCUT2D eigenvalue weighted by atomic mass is 15.4. The predicted molar refractivity (Wildman–Crippen MR) is 83.8 cm³/mol. The zero-order valence-electron chi connectivity index (χ0n) is 12.8. The largest absolute Gasteiger partial charge is 0.367 e. The highest BCUT2D eigenvalue weighted by molar-refractivity contribution is 5.68. The van der Waals surface area contributed by atoms with E-state index in [2.05, 4.69) is 44.4 Å². The fraction of sp³-hybridized carbons (Fsp3) is 0.375. The van der Waals surface area contributed by atoms with E-state index in [0.717, 1.165) is 29.3 Å². The molecule has 6 heteroatoms. The molecule has 0 amide bonds. The van der Waals surface area contributed by atoms with Crippen LogP contribution >= 0.6 is 0 Å². The molecule has 0 bridgehead atoms. The molecule has 0 unspecified atom stereocenters. The van der Waals surface area contributed by atoms with Gasteiger partial charge in [-0.15, -0.1) is 10.2 Å². The van der Waals surface area contributed by atoms with Crippen molar-refractivity contribution >= 4 is 11.3 Å². The summed E-state index contributed by atoms with van der Waals surface area (Å²) in [6, 6.07) is 6.32. The second-order valence-corrected chi connectivity index (χ2v) is 5.99. The molecule has 0 radical (unpaired) electrons. The van der Waals surface area contributed by atoms with Crippen LogP contribution in [-0.4, -0.2) is 31.8 Å². The van der Waals surface area contributed by atoms with Crippen LogP contribution in [0.4, 0.5) is 5.69 Å². The van der Waals surface area contributed by atoms with E-state index in [0.29, 0.717) is 5.92 Å². The molecule has 3 heterocycles. The summed E-state index contributed by atoms with van der Waals surface area (Å²) < 4.78 is 1.79. The average Bonchev–Trinajstić information content (AvgIpc) is 3.24. The van der Waals surface area contributed by atoms with Crippen molar-refractivity contribution in [2.24, 2.45) is 0 Å². The van der Waals surface area contributed by atoms with Crippen LogP contribution in [-0.2, 0) is 6.54 Å². The summed E-state index contributed by atoms with van der Waals surface area (Å²) in [6.07, 6.45) is 5.99. The standard InChI is InChI=1S/C16H18N6/c1-11-7-12(5-6-17-11)9-21(2)15-8-14(13-3-4-13)20-22-10-18-19-16(15)22/h5-8,10,13H,3-4,9H2,1-2H3. The van der Waals surface area contributed by atoms with Gasteiger partial charge in [0, 0.05) is 31.4 Å². The first-order chi connectivity index (χ1) is 10.7. The number of aromatic nitrogens is 5. The lowest BCUT2D eigenvalue weighted by Crippen LogP contribution is -2.18. The third-order valence-corrected chi connectivity index (χ3v) is 4.06. The molecule has 0 N–H and O–H groups in total. The van der Waals surface area contributed by atoms with Gasteiger partial charge in [-0.3, -0.25) is 4.98 Å². The Morgan fingerprint density at radius 1 is 1.32 bits per heavy atom. The number of pyridine rings is 1. The van der Waals surface area contributed by atoms with Gasteiger partial charge in [0.05, 0.1) is 11.4 Å². The molecule has 4 rings (SSSR count). The second-order valence-electron chi connectivity index (χ2n) is 5.99. The molecule has 1 fully saturated rings. The Morgan fingerprint density at radius 2 is 2.18 bits per heavy atom. The molecule has 0 aliphatic heterocycles. The third kappa shape index (κ3) is 2.41. The maximum atomic E-state index is 4.62. The first kappa shape index (κ1) is 13.2. The summed E-state index contributed by atoms with van der Waals surface area (Å²) in [5.74, 6) is 0.599. The van der Waals surface area contributed by atoms with Gasteiger partial charge in [-0.1, -0.05) is 0 Å². The highest BCUT2D eigenvalue weighted by Crippen LogP contribution is 2.40. The van der Waals surface area contributed by atoms with E-state index >= 15 is 0 Å². The fourth-order valence-corrected chi connectivity index (χ4v) is 2.75. The molecule has 22 heavy (non-hydrogen) atoms. The SMILES string of the molecule is Cc1cc(CN(C)c2cc(C3CC3)nn3cnnc23)ccn1. The van der Waals surface area contributed by atoms with Gasteiger partial charge < -0.3 is 4.90 Å². The van der Waals surface area contributed by atoms with Crippen LogP contribution in [0, 0.1) is 6.92 Å². The van der Waals surface area contributed by atoms with Crippen molar-refractivity contribution < 1.29 is 0 Å². The Bertz CT molecular complexity index is 820. The van der Waals surface area contributed by atoms with Crippen LogP contribution in [0.3, 0.4) is 0 Å². The molecule has 1 aliphatic carbocycles. The minimum Gasteiger partial charge on any atom is -0.367 e. The van der Waals surface area contributed by atoms with Crippen molar-refractivity contribution in [3.8, 4) is 0 Å². The van der Waals surface area contributed by atoms with Gasteiger partial charge in [0.25, 0.3) is 0 Å². The van der Waals surface area contributed by atoms with Crippen LogP contribution in [0.5, 0.6) is 0 Å². The van der Waals surface area contributed by atoms with E-state index < -0.39 is 0 Å². The highest BCUT2D eigenvalue weighted by Gasteiger charge is 2.27. The number of aryl methyl sites for hydroxylation is 1. The molecule has 1 aliphatic rings. The number of fused-ring (bicyclic) bond motifs is 1. The predicted octanol–water partition coefficient (Wildman–Crippen LogP) is 2.34. The van der Waals surface area contributed by atoms with Crippen molar-refractivity contribution in [3.63, 3.8) is 0 Å². The van der Waals surface area contributed by atoms with Crippen LogP contribution < -0.4 is 4.90 Å². The van der Waals surface area contributed by atoms with Crippen molar-refractivity contribution in [3.05, 3.63) is 47.7 Å². The molecule has 3 aromatic heterocycles. The fourth-order valence-electron chi connectivity index (χ4n) is 2.75. The zero-order valence-corrected chi connectivity index (χ0v) is 12.8. The maximum absolute atomic E-state index is 4.62. The van der Waals surface area contributed by atoms with E-state index in [4.69, 9.17) is 0 Å². The summed E-state index contributed by atoms with van der Waals surface area (Å²) in [7, 11) is 2.08. The van der Waals surface area contributed by atoms with Crippen LogP contribution in [0.25, 0.3) is 5.65 Å². The maximum Gasteiger partial charge on any atom is 0.200 e. The molecule has 6 nitrogen and oxygen atoms in total. The van der Waals surface area contributed by atoms with Crippen molar-refractivity contribution in [1.82, 2.24) is 24.8 Å². The Balaban J connectivity index is 1.71. The minimum atomic E-state index is 0.599. The van der Waals surface area contributed by atoms with E-state index in [1.807, 2.05) is 19.2 Å². The monoisotopic (exact) mass is 294 g/mol. The normalized spacial score (nSPS) is 14.5. The summed E-state index contributed by atoms with van der Waals surface area (Å²) in [5, 5.41) is 12.8. The van der Waals surface area contributed by atoms with Gasteiger partial charge in [-0.2, -0.15) is 9.61 Å². The second kappa shape index (κ2) is 5.05. The third-order valence-electron chi connectivity index (χ3n) is 4.06. The first-order valence-electron chi connectivity index (χ1n) is 7.54. The molecule has 0 saturated heterocycles. The van der Waals surface area contributed by atoms with Crippen molar-refractivity contribution in [1.29, 1.82) is 0 Å². The summed E-state index contributed by atoms with van der Waals surface area (Å²) in [6.45, 7) is 2.82. The van der Waals surface area contributed by atoms with E-state index in [-0.39, 0.29) is 0 Å². The van der Waals surface area contributed by atoms with Gasteiger partial charge in [0.1, 0.15) is 6.33 Å². The van der Waals surface area contributed by atoms with Gasteiger partial charge >= 0.3 is 0 Å². The Morgan fingerprint density at radius 3 is 2.95 bits per heavy atom. The Hall–Kier alpha value is -2.50. The molecule has 112 valence electrons. The van der Waals surface area contributed by atoms with Crippen molar-refractivity contribution in [2.75, 3.05) is 11.9 Å². The molecular formula is C16H18N6. The van der Waals surface area contributed by atoms with E-state index in [1.165, 1.54) is 18.4 Å². The quantitative estimate of drug-likeness (QED) is 0.739. The van der Waals surface area contributed by atoms with Crippen molar-refractivity contribution in [2.45, 2.75) is 32.2 Å². The molecule has 0 aromatic carbocycles. The van der Waals surface area contributed by atoms with Gasteiger partial charge in [-0.25, -0.2) is 0 Å². The van der Waals surface area contributed by atoms with Crippen LogP contribution in [0.1, 0.15) is 35.7 Å². The number of nitrogens with zero attached hydrogens (tertiary/aromatic N) is 6. The lowest BCUT2D eigenvalue weighted by atomic mass is 10.2. The van der Waals surface area contributed by atoms with E-state index in [9.17, 15) is 0 Å². The number of hydrogen-bond donors (Lipinski definition) is 0. The summed E-state index contributed by atoms with van der Waals surface area (Å²) in [5.41, 5.74) is 5.28.